The van der Waals surface area contributed by atoms with E-state index in [9.17, 15) is 5.11 Å². The fourth-order valence-corrected chi connectivity index (χ4v) is 0.716. The number of aliphatic hydroxyl groups is 1. The Kier molecular flexibility index (Phi) is 3.10. The summed E-state index contributed by atoms with van der Waals surface area (Å²) in [6.07, 6.45) is 1.22. The van der Waals surface area contributed by atoms with E-state index in [0.717, 1.165) is 0 Å². The fraction of sp³-hybridized carbons (Fsp3) is 0.778. The summed E-state index contributed by atoms with van der Waals surface area (Å²) >= 11 is 0. The molecule has 0 heterocycles. The van der Waals surface area contributed by atoms with Gasteiger partial charge in [-0.05, 0) is 11.3 Å². The molecular weight excluding hydrogens is 124 g/mol. The molecule has 0 saturated heterocycles. The molecule has 0 aliphatic carbocycles. The second-order valence-corrected chi connectivity index (χ2v) is 3.88. The van der Waals surface area contributed by atoms with E-state index < -0.39 is 0 Å². The highest BCUT2D eigenvalue weighted by atomic mass is 16.3. The molecule has 0 aliphatic heterocycles. The number of rotatable bonds is 2. The van der Waals surface area contributed by atoms with Crippen molar-refractivity contribution >= 4 is 0 Å². The highest BCUT2D eigenvalue weighted by molar-refractivity contribution is 4.87. The summed E-state index contributed by atoms with van der Waals surface area (Å²) in [4.78, 5) is 0. The third-order valence-corrected chi connectivity index (χ3v) is 2.12. The van der Waals surface area contributed by atoms with Gasteiger partial charge < -0.3 is 5.11 Å². The van der Waals surface area contributed by atoms with Crippen molar-refractivity contribution < 1.29 is 5.11 Å². The third-order valence-electron chi connectivity index (χ3n) is 2.12. The summed E-state index contributed by atoms with van der Waals surface area (Å²) in [5.41, 5.74) is 0.160. The summed E-state index contributed by atoms with van der Waals surface area (Å²) in [6.45, 7) is 11.9. The van der Waals surface area contributed by atoms with Crippen molar-refractivity contribution in [1.29, 1.82) is 0 Å². The van der Waals surface area contributed by atoms with Gasteiger partial charge in [-0.2, -0.15) is 0 Å². The minimum absolute atomic E-state index is 0.160. The molecule has 60 valence electrons. The molecular formula is C9H18O. The van der Waals surface area contributed by atoms with Crippen molar-refractivity contribution in [1.82, 2.24) is 0 Å². The van der Waals surface area contributed by atoms with Gasteiger partial charge in [-0.15, -0.1) is 6.58 Å². The van der Waals surface area contributed by atoms with Crippen LogP contribution in [0, 0.1) is 11.3 Å². The van der Waals surface area contributed by atoms with Gasteiger partial charge in [0.25, 0.3) is 0 Å². The normalized spacial score (nSPS) is 18.1. The molecule has 0 amide bonds. The third kappa shape index (κ3) is 2.53. The molecule has 1 heteroatoms. The highest BCUT2D eigenvalue weighted by Gasteiger charge is 2.24. The van der Waals surface area contributed by atoms with Crippen LogP contribution in [0.15, 0.2) is 12.7 Å². The zero-order chi connectivity index (χ0) is 8.36. The maximum Gasteiger partial charge on any atom is 0.0748 e. The van der Waals surface area contributed by atoms with Crippen molar-refractivity contribution in [2.45, 2.75) is 33.8 Å². The number of hydrogen-bond donors (Lipinski definition) is 1. The highest BCUT2D eigenvalue weighted by Crippen LogP contribution is 2.28. The Hall–Kier alpha value is -0.300. The zero-order valence-electron chi connectivity index (χ0n) is 7.39. The average Bonchev–Trinajstić information content (AvgIpc) is 1.83. The monoisotopic (exact) mass is 142 g/mol. The van der Waals surface area contributed by atoms with Crippen LogP contribution < -0.4 is 0 Å². The first kappa shape index (κ1) is 9.70. The SMILES string of the molecule is C=CC(O)C(C)C(C)(C)C. The summed E-state index contributed by atoms with van der Waals surface area (Å²) in [5, 5.41) is 9.34. The van der Waals surface area contributed by atoms with E-state index in [1.54, 1.807) is 6.08 Å². The molecule has 0 aromatic heterocycles. The van der Waals surface area contributed by atoms with Crippen LogP contribution in [0.25, 0.3) is 0 Å². The van der Waals surface area contributed by atoms with Crippen LogP contribution in [-0.4, -0.2) is 11.2 Å². The van der Waals surface area contributed by atoms with Crippen LogP contribution in [0.5, 0.6) is 0 Å². The van der Waals surface area contributed by atoms with Crippen LogP contribution in [0.2, 0.25) is 0 Å². The fourth-order valence-electron chi connectivity index (χ4n) is 0.716. The minimum Gasteiger partial charge on any atom is -0.389 e. The van der Waals surface area contributed by atoms with Crippen LogP contribution in [0.1, 0.15) is 27.7 Å². The number of hydrogen-bond acceptors (Lipinski definition) is 1. The van der Waals surface area contributed by atoms with Crippen LogP contribution in [0.4, 0.5) is 0 Å². The van der Waals surface area contributed by atoms with Gasteiger partial charge in [0.15, 0.2) is 0 Å². The Morgan fingerprint density at radius 1 is 1.40 bits per heavy atom. The van der Waals surface area contributed by atoms with Gasteiger partial charge in [0.2, 0.25) is 0 Å². The Balaban J connectivity index is 4.07. The van der Waals surface area contributed by atoms with E-state index in [1.165, 1.54) is 0 Å². The average molecular weight is 142 g/mol. The molecule has 2 unspecified atom stereocenters. The first-order chi connectivity index (χ1) is 4.39. The quantitative estimate of drug-likeness (QED) is 0.586. The second kappa shape index (κ2) is 3.20. The molecule has 0 spiro atoms. The lowest BCUT2D eigenvalue weighted by Gasteiger charge is -2.29. The predicted molar refractivity (Wildman–Crippen MR) is 44.8 cm³/mol. The second-order valence-electron chi connectivity index (χ2n) is 3.88. The lowest BCUT2D eigenvalue weighted by Crippen LogP contribution is -2.27. The standard InChI is InChI=1S/C9H18O/c1-6-8(10)7(2)9(3,4)5/h6-8,10H,1H2,2-5H3. The largest absolute Gasteiger partial charge is 0.389 e. The summed E-state index contributed by atoms with van der Waals surface area (Å²) in [5.74, 6) is 0.269. The topological polar surface area (TPSA) is 20.2 Å². The molecule has 0 bridgehead atoms. The van der Waals surface area contributed by atoms with Gasteiger partial charge in [0, 0.05) is 0 Å². The maximum atomic E-state index is 9.34. The first-order valence-electron chi connectivity index (χ1n) is 3.70. The van der Waals surface area contributed by atoms with Gasteiger partial charge >= 0.3 is 0 Å². The molecule has 1 N–H and O–H groups in total. The first-order valence-corrected chi connectivity index (χ1v) is 3.70. The van der Waals surface area contributed by atoms with Crippen molar-refractivity contribution in [3.05, 3.63) is 12.7 Å². The summed E-state index contributed by atoms with van der Waals surface area (Å²) < 4.78 is 0. The smallest absolute Gasteiger partial charge is 0.0748 e. The van der Waals surface area contributed by atoms with E-state index in [-0.39, 0.29) is 17.4 Å². The van der Waals surface area contributed by atoms with Gasteiger partial charge in [0.05, 0.1) is 6.10 Å². The van der Waals surface area contributed by atoms with E-state index >= 15 is 0 Å². The number of aliphatic hydroxyl groups excluding tert-OH is 1. The Morgan fingerprint density at radius 2 is 1.80 bits per heavy atom. The van der Waals surface area contributed by atoms with Crippen LogP contribution >= 0.6 is 0 Å². The van der Waals surface area contributed by atoms with E-state index in [4.69, 9.17) is 0 Å². The van der Waals surface area contributed by atoms with Crippen molar-refractivity contribution in [3.63, 3.8) is 0 Å². The Bertz CT molecular complexity index is 110. The van der Waals surface area contributed by atoms with Crippen LogP contribution in [-0.2, 0) is 0 Å². The van der Waals surface area contributed by atoms with Crippen molar-refractivity contribution in [2.75, 3.05) is 0 Å². The predicted octanol–water partition coefficient (Wildman–Crippen LogP) is 2.22. The van der Waals surface area contributed by atoms with Crippen LogP contribution in [0.3, 0.4) is 0 Å². The molecule has 0 fully saturated rings. The van der Waals surface area contributed by atoms with E-state index in [1.807, 2.05) is 6.92 Å². The minimum atomic E-state index is -0.375. The molecule has 10 heavy (non-hydrogen) atoms. The van der Waals surface area contributed by atoms with Gasteiger partial charge in [0.1, 0.15) is 0 Å². The van der Waals surface area contributed by atoms with Gasteiger partial charge in [-0.25, -0.2) is 0 Å². The Morgan fingerprint density at radius 3 is 1.90 bits per heavy atom. The zero-order valence-corrected chi connectivity index (χ0v) is 7.39. The lowest BCUT2D eigenvalue weighted by molar-refractivity contribution is 0.0897. The van der Waals surface area contributed by atoms with Gasteiger partial charge in [-0.1, -0.05) is 33.8 Å². The summed E-state index contributed by atoms with van der Waals surface area (Å²) in [6, 6.07) is 0. The molecule has 0 saturated carbocycles. The molecule has 0 aliphatic rings. The molecule has 0 aromatic rings. The van der Waals surface area contributed by atoms with Gasteiger partial charge in [-0.3, -0.25) is 0 Å². The molecule has 2 atom stereocenters. The van der Waals surface area contributed by atoms with E-state index in [0.29, 0.717) is 0 Å². The maximum absolute atomic E-state index is 9.34. The molecule has 0 radical (unpaired) electrons. The lowest BCUT2D eigenvalue weighted by atomic mass is 9.79. The van der Waals surface area contributed by atoms with E-state index in [2.05, 4.69) is 27.4 Å². The molecule has 1 nitrogen and oxygen atoms in total. The summed E-state index contributed by atoms with van der Waals surface area (Å²) in [7, 11) is 0. The van der Waals surface area contributed by atoms with Crippen molar-refractivity contribution in [3.8, 4) is 0 Å². The molecule has 0 rings (SSSR count). The molecule has 0 aromatic carbocycles. The van der Waals surface area contributed by atoms with Crippen molar-refractivity contribution in [2.24, 2.45) is 11.3 Å². The Labute approximate surface area is 63.8 Å².